The SMILES string of the molecule is Cc1ccc(C[C@@H](NC(=O)Cc2ccccc2)C(N)=O)cc1C. The Kier molecular flexibility index (Phi) is 5.52. The van der Waals surface area contributed by atoms with E-state index in [1.54, 1.807) is 0 Å². The summed E-state index contributed by atoms with van der Waals surface area (Å²) >= 11 is 0. The van der Waals surface area contributed by atoms with Crippen molar-refractivity contribution in [2.24, 2.45) is 5.73 Å². The molecule has 0 bridgehead atoms. The molecule has 0 radical (unpaired) electrons. The molecule has 0 fully saturated rings. The van der Waals surface area contributed by atoms with E-state index >= 15 is 0 Å². The molecular formula is C19H22N2O2. The van der Waals surface area contributed by atoms with E-state index in [1.807, 2.05) is 62.4 Å². The van der Waals surface area contributed by atoms with E-state index in [0.29, 0.717) is 6.42 Å². The molecule has 0 saturated carbocycles. The lowest BCUT2D eigenvalue weighted by Crippen LogP contribution is -2.46. The average molecular weight is 310 g/mol. The predicted octanol–water partition coefficient (Wildman–Crippen LogP) is 2.06. The number of amides is 2. The fourth-order valence-electron chi connectivity index (χ4n) is 2.42. The van der Waals surface area contributed by atoms with Crippen molar-refractivity contribution < 1.29 is 9.59 Å². The summed E-state index contributed by atoms with van der Waals surface area (Å²) in [5.41, 5.74) is 9.67. The highest BCUT2D eigenvalue weighted by molar-refractivity contribution is 5.87. The second kappa shape index (κ2) is 7.58. The van der Waals surface area contributed by atoms with E-state index in [4.69, 9.17) is 5.73 Å². The third kappa shape index (κ3) is 4.95. The molecule has 2 aromatic rings. The molecule has 0 aliphatic carbocycles. The summed E-state index contributed by atoms with van der Waals surface area (Å²) < 4.78 is 0. The molecule has 0 spiro atoms. The first-order valence-electron chi connectivity index (χ1n) is 7.64. The van der Waals surface area contributed by atoms with Gasteiger partial charge in [0.1, 0.15) is 6.04 Å². The maximum absolute atomic E-state index is 12.1. The molecule has 0 aliphatic heterocycles. The van der Waals surface area contributed by atoms with Crippen LogP contribution in [-0.4, -0.2) is 17.9 Å². The third-order valence-electron chi connectivity index (χ3n) is 3.90. The van der Waals surface area contributed by atoms with E-state index in [2.05, 4.69) is 5.32 Å². The first-order chi connectivity index (χ1) is 11.0. The Morgan fingerprint density at radius 2 is 1.70 bits per heavy atom. The van der Waals surface area contributed by atoms with Crippen LogP contribution in [0.4, 0.5) is 0 Å². The van der Waals surface area contributed by atoms with Crippen LogP contribution in [-0.2, 0) is 22.4 Å². The first kappa shape index (κ1) is 16.7. The topological polar surface area (TPSA) is 72.2 Å². The van der Waals surface area contributed by atoms with E-state index in [-0.39, 0.29) is 12.3 Å². The van der Waals surface area contributed by atoms with Gasteiger partial charge in [0.2, 0.25) is 11.8 Å². The molecule has 0 saturated heterocycles. The summed E-state index contributed by atoms with van der Waals surface area (Å²) in [5, 5.41) is 2.73. The van der Waals surface area contributed by atoms with Crippen molar-refractivity contribution in [3.05, 3.63) is 70.8 Å². The van der Waals surface area contributed by atoms with Crippen molar-refractivity contribution >= 4 is 11.8 Å². The van der Waals surface area contributed by atoms with Gasteiger partial charge < -0.3 is 11.1 Å². The number of carbonyl (C=O) groups excluding carboxylic acids is 2. The minimum atomic E-state index is -0.701. The third-order valence-corrected chi connectivity index (χ3v) is 3.90. The Hall–Kier alpha value is -2.62. The number of hydrogen-bond donors (Lipinski definition) is 2. The van der Waals surface area contributed by atoms with Gasteiger partial charge in [0.15, 0.2) is 0 Å². The summed E-state index contributed by atoms with van der Waals surface area (Å²) in [6, 6.07) is 14.7. The Labute approximate surface area is 136 Å². The zero-order valence-electron chi connectivity index (χ0n) is 13.5. The van der Waals surface area contributed by atoms with Gasteiger partial charge in [0.25, 0.3) is 0 Å². The molecule has 0 aromatic heterocycles. The molecule has 23 heavy (non-hydrogen) atoms. The summed E-state index contributed by atoms with van der Waals surface area (Å²) in [5.74, 6) is -0.728. The fraction of sp³-hybridized carbons (Fsp3) is 0.263. The average Bonchev–Trinajstić information content (AvgIpc) is 2.51. The van der Waals surface area contributed by atoms with Gasteiger partial charge in [-0.05, 0) is 36.1 Å². The van der Waals surface area contributed by atoms with Crippen LogP contribution in [0.15, 0.2) is 48.5 Å². The number of aryl methyl sites for hydroxylation is 2. The van der Waals surface area contributed by atoms with Crippen molar-refractivity contribution in [1.82, 2.24) is 5.32 Å². The summed E-state index contributed by atoms with van der Waals surface area (Å²) in [6.45, 7) is 4.05. The Morgan fingerprint density at radius 1 is 1.00 bits per heavy atom. The number of hydrogen-bond acceptors (Lipinski definition) is 2. The van der Waals surface area contributed by atoms with Gasteiger partial charge in [-0.2, -0.15) is 0 Å². The summed E-state index contributed by atoms with van der Waals surface area (Å²) in [6.07, 6.45) is 0.633. The molecule has 2 rings (SSSR count). The molecule has 1 atom stereocenters. The second-order valence-corrected chi connectivity index (χ2v) is 5.81. The standard InChI is InChI=1S/C19H22N2O2/c1-13-8-9-16(10-14(13)2)11-17(19(20)23)21-18(22)12-15-6-4-3-5-7-15/h3-10,17H,11-12H2,1-2H3,(H2,20,23)(H,21,22)/t17-/m1/s1. The normalized spacial score (nSPS) is 11.7. The quantitative estimate of drug-likeness (QED) is 0.857. The van der Waals surface area contributed by atoms with Crippen molar-refractivity contribution in [2.45, 2.75) is 32.7 Å². The molecule has 120 valence electrons. The lowest BCUT2D eigenvalue weighted by molar-refractivity contribution is -0.127. The molecule has 3 N–H and O–H groups in total. The summed E-state index contributed by atoms with van der Waals surface area (Å²) in [4.78, 5) is 23.8. The van der Waals surface area contributed by atoms with Crippen molar-refractivity contribution in [2.75, 3.05) is 0 Å². The fourth-order valence-corrected chi connectivity index (χ4v) is 2.42. The predicted molar refractivity (Wildman–Crippen MR) is 90.9 cm³/mol. The van der Waals surface area contributed by atoms with Gasteiger partial charge >= 0.3 is 0 Å². The second-order valence-electron chi connectivity index (χ2n) is 5.81. The molecule has 2 aromatic carbocycles. The molecule has 4 heteroatoms. The number of benzene rings is 2. The molecular weight excluding hydrogens is 288 g/mol. The van der Waals surface area contributed by atoms with Gasteiger partial charge in [-0.1, -0.05) is 48.5 Å². The Morgan fingerprint density at radius 3 is 2.30 bits per heavy atom. The Balaban J connectivity index is 2.02. The van der Waals surface area contributed by atoms with Crippen LogP contribution in [0.1, 0.15) is 22.3 Å². The van der Waals surface area contributed by atoms with E-state index in [9.17, 15) is 9.59 Å². The number of carbonyl (C=O) groups is 2. The highest BCUT2D eigenvalue weighted by Gasteiger charge is 2.19. The lowest BCUT2D eigenvalue weighted by atomic mass is 10.0. The zero-order chi connectivity index (χ0) is 16.8. The van der Waals surface area contributed by atoms with Crippen molar-refractivity contribution in [3.63, 3.8) is 0 Å². The number of nitrogens with one attached hydrogen (secondary N) is 1. The van der Waals surface area contributed by atoms with Crippen molar-refractivity contribution in [1.29, 1.82) is 0 Å². The van der Waals surface area contributed by atoms with Crippen LogP contribution in [0.3, 0.4) is 0 Å². The number of nitrogens with two attached hydrogens (primary N) is 1. The number of primary amides is 1. The van der Waals surface area contributed by atoms with Gasteiger partial charge in [-0.25, -0.2) is 0 Å². The minimum Gasteiger partial charge on any atom is -0.368 e. The van der Waals surface area contributed by atoms with Crippen LogP contribution in [0.5, 0.6) is 0 Å². The molecule has 0 aliphatic rings. The maximum atomic E-state index is 12.1. The van der Waals surface area contributed by atoms with Gasteiger partial charge in [-0.15, -0.1) is 0 Å². The monoisotopic (exact) mass is 310 g/mol. The van der Waals surface area contributed by atoms with Crippen LogP contribution >= 0.6 is 0 Å². The van der Waals surface area contributed by atoms with Gasteiger partial charge in [0, 0.05) is 6.42 Å². The first-order valence-corrected chi connectivity index (χ1v) is 7.64. The van der Waals surface area contributed by atoms with E-state index in [0.717, 1.165) is 16.7 Å². The van der Waals surface area contributed by atoms with Crippen LogP contribution in [0.25, 0.3) is 0 Å². The highest BCUT2D eigenvalue weighted by atomic mass is 16.2. The smallest absolute Gasteiger partial charge is 0.240 e. The van der Waals surface area contributed by atoms with Crippen LogP contribution in [0.2, 0.25) is 0 Å². The van der Waals surface area contributed by atoms with Gasteiger partial charge in [0.05, 0.1) is 6.42 Å². The lowest BCUT2D eigenvalue weighted by Gasteiger charge is -2.16. The highest BCUT2D eigenvalue weighted by Crippen LogP contribution is 2.12. The number of rotatable bonds is 6. The van der Waals surface area contributed by atoms with E-state index < -0.39 is 11.9 Å². The minimum absolute atomic E-state index is 0.205. The Bertz CT molecular complexity index is 696. The molecule has 0 heterocycles. The van der Waals surface area contributed by atoms with Crippen LogP contribution in [0, 0.1) is 13.8 Å². The van der Waals surface area contributed by atoms with Gasteiger partial charge in [-0.3, -0.25) is 9.59 Å². The largest absolute Gasteiger partial charge is 0.368 e. The maximum Gasteiger partial charge on any atom is 0.240 e. The molecule has 4 nitrogen and oxygen atoms in total. The molecule has 2 amide bonds. The van der Waals surface area contributed by atoms with Crippen molar-refractivity contribution in [3.8, 4) is 0 Å². The summed E-state index contributed by atoms with van der Waals surface area (Å²) in [7, 11) is 0. The zero-order valence-corrected chi connectivity index (χ0v) is 13.5. The molecule has 0 unspecified atom stereocenters. The van der Waals surface area contributed by atoms with E-state index in [1.165, 1.54) is 5.56 Å². The van der Waals surface area contributed by atoms with Crippen LogP contribution < -0.4 is 11.1 Å².